The molecule has 1 aromatic heterocycles. The van der Waals surface area contributed by atoms with E-state index in [1.54, 1.807) is 6.08 Å². The summed E-state index contributed by atoms with van der Waals surface area (Å²) in [4.78, 5) is 3.24. The van der Waals surface area contributed by atoms with Gasteiger partial charge in [0.15, 0.2) is 0 Å². The van der Waals surface area contributed by atoms with E-state index in [1.165, 1.54) is 0 Å². The summed E-state index contributed by atoms with van der Waals surface area (Å²) >= 11 is 0. The number of allylic oxidation sites excluding steroid dienone is 1. The second kappa shape index (κ2) is 4.80. The lowest BCUT2D eigenvalue weighted by Gasteiger charge is -2.03. The molecule has 0 atom stereocenters. The second-order valence-electron chi connectivity index (χ2n) is 4.44. The van der Waals surface area contributed by atoms with Crippen molar-refractivity contribution < 1.29 is 14.2 Å². The Labute approximate surface area is 110 Å². The minimum Gasteiger partial charge on any atom is -0.512 e. The normalized spacial score (nSPS) is 14.1. The van der Waals surface area contributed by atoms with E-state index in [4.69, 9.17) is 4.74 Å². The molecule has 1 aliphatic rings. The minimum absolute atomic E-state index is 0.0620. The molecule has 0 radical (unpaired) electrons. The first-order chi connectivity index (χ1) is 9.28. The summed E-state index contributed by atoms with van der Waals surface area (Å²) in [6.07, 6.45) is 6.20. The van der Waals surface area contributed by atoms with E-state index in [-0.39, 0.29) is 6.61 Å². The fourth-order valence-electron chi connectivity index (χ4n) is 2.28. The standard InChI is InChI=1S/C15H14FNO2/c16-6-7-19-11-4-5-13-12-3-1-2-10(18)8-14(12)17-15(13)9-11/h1,3-5,8-9,17-18H,2,6-7H2. The van der Waals surface area contributed by atoms with Crippen molar-refractivity contribution in [2.75, 3.05) is 13.3 Å². The Kier molecular flexibility index (Phi) is 2.99. The molecule has 2 N–H and O–H groups in total. The third kappa shape index (κ3) is 2.21. The third-order valence-corrected chi connectivity index (χ3v) is 3.11. The van der Waals surface area contributed by atoms with E-state index in [9.17, 15) is 9.50 Å². The number of benzene rings is 1. The van der Waals surface area contributed by atoms with Crippen LogP contribution in [0, 0.1) is 0 Å². The second-order valence-corrected chi connectivity index (χ2v) is 4.44. The highest BCUT2D eigenvalue weighted by Gasteiger charge is 2.11. The molecular weight excluding hydrogens is 245 g/mol. The maximum Gasteiger partial charge on any atom is 0.123 e. The highest BCUT2D eigenvalue weighted by Crippen LogP contribution is 2.30. The van der Waals surface area contributed by atoms with Crippen molar-refractivity contribution in [2.45, 2.75) is 6.42 Å². The highest BCUT2D eigenvalue weighted by molar-refractivity contribution is 5.94. The molecular formula is C15H14FNO2. The van der Waals surface area contributed by atoms with Gasteiger partial charge in [-0.2, -0.15) is 0 Å². The minimum atomic E-state index is -0.501. The highest BCUT2D eigenvalue weighted by atomic mass is 19.1. The van der Waals surface area contributed by atoms with Gasteiger partial charge in [0.25, 0.3) is 0 Å². The van der Waals surface area contributed by atoms with Gasteiger partial charge in [-0.25, -0.2) is 4.39 Å². The molecule has 0 fully saturated rings. The van der Waals surface area contributed by atoms with Crippen LogP contribution < -0.4 is 4.74 Å². The number of nitrogens with one attached hydrogen (secondary N) is 1. The van der Waals surface area contributed by atoms with Crippen LogP contribution in [0.2, 0.25) is 0 Å². The number of aliphatic hydroxyl groups is 1. The van der Waals surface area contributed by atoms with Crippen LogP contribution in [-0.4, -0.2) is 23.4 Å². The molecule has 0 bridgehead atoms. The third-order valence-electron chi connectivity index (χ3n) is 3.11. The molecule has 0 saturated heterocycles. The smallest absolute Gasteiger partial charge is 0.123 e. The van der Waals surface area contributed by atoms with Gasteiger partial charge < -0.3 is 14.8 Å². The van der Waals surface area contributed by atoms with Gasteiger partial charge in [0.2, 0.25) is 0 Å². The average molecular weight is 259 g/mol. The predicted octanol–water partition coefficient (Wildman–Crippen LogP) is 3.83. The molecule has 0 unspecified atom stereocenters. The maximum atomic E-state index is 12.1. The number of aromatic amines is 1. The van der Waals surface area contributed by atoms with Gasteiger partial charge in [-0.3, -0.25) is 0 Å². The SMILES string of the molecule is OC1=Cc2[nH]c3cc(OCCF)ccc3c2C=CC1. The van der Waals surface area contributed by atoms with Crippen LogP contribution in [-0.2, 0) is 0 Å². The topological polar surface area (TPSA) is 45.2 Å². The molecule has 1 aromatic carbocycles. The van der Waals surface area contributed by atoms with Crippen molar-refractivity contribution in [3.05, 3.63) is 41.3 Å². The van der Waals surface area contributed by atoms with Gasteiger partial charge in [-0.15, -0.1) is 0 Å². The molecule has 4 heteroatoms. The zero-order chi connectivity index (χ0) is 13.2. The number of halogens is 1. The molecule has 1 aliphatic carbocycles. The number of aromatic nitrogens is 1. The molecule has 1 heterocycles. The Bertz CT molecular complexity index is 670. The van der Waals surface area contributed by atoms with Crippen molar-refractivity contribution in [1.29, 1.82) is 0 Å². The number of fused-ring (bicyclic) bond motifs is 3. The largest absolute Gasteiger partial charge is 0.512 e. The molecule has 19 heavy (non-hydrogen) atoms. The number of aliphatic hydroxyl groups excluding tert-OH is 1. The lowest BCUT2D eigenvalue weighted by atomic mass is 10.1. The van der Waals surface area contributed by atoms with E-state index in [0.29, 0.717) is 17.9 Å². The Hall–Kier alpha value is -2.23. The van der Waals surface area contributed by atoms with E-state index < -0.39 is 6.67 Å². The monoisotopic (exact) mass is 259 g/mol. The van der Waals surface area contributed by atoms with Crippen LogP contribution >= 0.6 is 0 Å². The number of alkyl halides is 1. The molecule has 0 saturated carbocycles. The summed E-state index contributed by atoms with van der Waals surface area (Å²) in [5.41, 5.74) is 2.84. The quantitative estimate of drug-likeness (QED) is 0.879. The summed E-state index contributed by atoms with van der Waals surface area (Å²) in [5.74, 6) is 0.967. The van der Waals surface area contributed by atoms with E-state index in [2.05, 4.69) is 4.98 Å². The zero-order valence-corrected chi connectivity index (χ0v) is 10.3. The summed E-state index contributed by atoms with van der Waals surface area (Å²) in [5, 5.41) is 10.7. The fraction of sp³-hybridized carbons (Fsp3) is 0.200. The first-order valence-corrected chi connectivity index (χ1v) is 6.18. The zero-order valence-electron chi connectivity index (χ0n) is 10.3. The lowest BCUT2D eigenvalue weighted by molar-refractivity contribution is 0.273. The van der Waals surface area contributed by atoms with Crippen molar-refractivity contribution in [3.63, 3.8) is 0 Å². The van der Waals surface area contributed by atoms with Crippen molar-refractivity contribution in [3.8, 4) is 5.75 Å². The number of H-pyrrole nitrogens is 1. The van der Waals surface area contributed by atoms with Gasteiger partial charge in [-0.1, -0.05) is 12.2 Å². The molecule has 3 nitrogen and oxygen atoms in total. The Morgan fingerprint density at radius 1 is 1.37 bits per heavy atom. The lowest BCUT2D eigenvalue weighted by Crippen LogP contribution is -1.98. The molecule has 3 rings (SSSR count). The summed E-state index contributed by atoms with van der Waals surface area (Å²) < 4.78 is 17.4. The summed E-state index contributed by atoms with van der Waals surface area (Å²) in [7, 11) is 0. The molecule has 0 amide bonds. The van der Waals surface area contributed by atoms with Crippen LogP contribution in [0.25, 0.3) is 23.1 Å². The van der Waals surface area contributed by atoms with Gasteiger partial charge in [-0.05, 0) is 12.1 Å². The fourth-order valence-corrected chi connectivity index (χ4v) is 2.28. The van der Waals surface area contributed by atoms with E-state index in [1.807, 2.05) is 30.4 Å². The molecule has 98 valence electrons. The van der Waals surface area contributed by atoms with Gasteiger partial charge >= 0.3 is 0 Å². The maximum absolute atomic E-state index is 12.1. The summed E-state index contributed by atoms with van der Waals surface area (Å²) in [6, 6.07) is 5.62. The van der Waals surface area contributed by atoms with Crippen LogP contribution in [0.15, 0.2) is 30.0 Å². The van der Waals surface area contributed by atoms with Gasteiger partial charge in [0.05, 0.1) is 11.3 Å². The predicted molar refractivity (Wildman–Crippen MR) is 74.0 cm³/mol. The number of rotatable bonds is 3. The van der Waals surface area contributed by atoms with Gasteiger partial charge in [0, 0.05) is 35.2 Å². The Morgan fingerprint density at radius 2 is 2.26 bits per heavy atom. The van der Waals surface area contributed by atoms with Crippen molar-refractivity contribution in [1.82, 2.24) is 4.98 Å². The number of hydrogen-bond acceptors (Lipinski definition) is 2. The van der Waals surface area contributed by atoms with E-state index in [0.717, 1.165) is 22.2 Å². The molecule has 2 aromatic rings. The average Bonchev–Trinajstić information content (AvgIpc) is 2.62. The van der Waals surface area contributed by atoms with Crippen LogP contribution in [0.4, 0.5) is 4.39 Å². The van der Waals surface area contributed by atoms with Crippen LogP contribution in [0.1, 0.15) is 17.7 Å². The number of hydrogen-bond donors (Lipinski definition) is 2. The van der Waals surface area contributed by atoms with Crippen molar-refractivity contribution in [2.24, 2.45) is 0 Å². The van der Waals surface area contributed by atoms with Crippen LogP contribution in [0.5, 0.6) is 5.75 Å². The van der Waals surface area contributed by atoms with E-state index >= 15 is 0 Å². The first kappa shape index (κ1) is 11.8. The van der Waals surface area contributed by atoms with Crippen LogP contribution in [0.3, 0.4) is 0 Å². The Balaban J connectivity index is 2.07. The first-order valence-electron chi connectivity index (χ1n) is 6.18. The van der Waals surface area contributed by atoms with Gasteiger partial charge in [0.1, 0.15) is 19.0 Å². The Morgan fingerprint density at radius 3 is 3.11 bits per heavy atom. The van der Waals surface area contributed by atoms with Crippen molar-refractivity contribution >= 4 is 23.1 Å². The molecule has 0 aliphatic heterocycles. The summed E-state index contributed by atoms with van der Waals surface area (Å²) in [6.45, 7) is -0.439. The number of ether oxygens (including phenoxy) is 1. The molecule has 0 spiro atoms.